The second-order valence-corrected chi connectivity index (χ2v) is 6.92. The van der Waals surface area contributed by atoms with Crippen LogP contribution in [0.2, 0.25) is 5.02 Å². The number of aliphatic hydroxyl groups is 1. The second-order valence-electron chi connectivity index (χ2n) is 6.48. The molecule has 0 spiro atoms. The van der Waals surface area contributed by atoms with E-state index in [2.05, 4.69) is 5.32 Å². The largest absolute Gasteiger partial charge is 0.389 e. The molecule has 3 rings (SSSR count). The third-order valence-corrected chi connectivity index (χ3v) is 4.95. The summed E-state index contributed by atoms with van der Waals surface area (Å²) in [6, 6.07) is 6.57. The average molecular weight is 337 g/mol. The molecule has 1 aromatic rings. The fraction of sp³-hybridized carbons (Fsp3) is 0.529. The van der Waals surface area contributed by atoms with Gasteiger partial charge in [-0.2, -0.15) is 0 Å². The van der Waals surface area contributed by atoms with Gasteiger partial charge in [0.25, 0.3) is 0 Å². The number of rotatable bonds is 4. The highest BCUT2D eigenvalue weighted by atomic mass is 35.5. The molecule has 1 heterocycles. The zero-order valence-electron chi connectivity index (χ0n) is 12.9. The van der Waals surface area contributed by atoms with Crippen molar-refractivity contribution >= 4 is 29.1 Å². The average Bonchev–Trinajstić information content (AvgIpc) is 3.08. The predicted molar refractivity (Wildman–Crippen MR) is 88.4 cm³/mol. The van der Waals surface area contributed by atoms with Crippen LogP contribution in [0.4, 0.5) is 5.69 Å². The third-order valence-electron chi connectivity index (χ3n) is 4.70. The maximum absolute atomic E-state index is 12.5. The summed E-state index contributed by atoms with van der Waals surface area (Å²) in [5, 5.41) is 13.7. The van der Waals surface area contributed by atoms with E-state index in [-0.39, 0.29) is 18.2 Å². The van der Waals surface area contributed by atoms with Gasteiger partial charge in [-0.1, -0.05) is 24.4 Å². The Kier molecular flexibility index (Phi) is 4.60. The van der Waals surface area contributed by atoms with Crippen LogP contribution in [0.5, 0.6) is 0 Å². The van der Waals surface area contributed by atoms with Gasteiger partial charge in [0.05, 0.1) is 12.0 Å². The van der Waals surface area contributed by atoms with Gasteiger partial charge in [-0.3, -0.25) is 9.59 Å². The first-order valence-electron chi connectivity index (χ1n) is 8.06. The molecule has 1 aliphatic carbocycles. The molecule has 2 amide bonds. The Morgan fingerprint density at radius 1 is 1.30 bits per heavy atom. The number of amides is 2. The van der Waals surface area contributed by atoms with Gasteiger partial charge in [-0.15, -0.1) is 0 Å². The monoisotopic (exact) mass is 336 g/mol. The first-order chi connectivity index (χ1) is 11.0. The lowest BCUT2D eigenvalue weighted by Gasteiger charge is -2.22. The molecule has 1 atom stereocenters. The van der Waals surface area contributed by atoms with Gasteiger partial charge in [-0.05, 0) is 43.5 Å². The smallest absolute Gasteiger partial charge is 0.249 e. The highest BCUT2D eigenvalue weighted by Gasteiger charge is 2.37. The minimum atomic E-state index is -0.887. The Bertz CT molecular complexity index is 596. The molecule has 1 saturated heterocycles. The number of halogens is 1. The zero-order valence-corrected chi connectivity index (χ0v) is 13.7. The molecule has 124 valence electrons. The van der Waals surface area contributed by atoms with E-state index < -0.39 is 11.6 Å². The summed E-state index contributed by atoms with van der Waals surface area (Å²) in [5.41, 5.74) is -0.104. The van der Waals surface area contributed by atoms with Gasteiger partial charge in [-0.25, -0.2) is 0 Å². The molecule has 1 aromatic carbocycles. The van der Waals surface area contributed by atoms with E-state index in [1.807, 2.05) is 0 Å². The van der Waals surface area contributed by atoms with Gasteiger partial charge in [0.1, 0.15) is 6.04 Å². The van der Waals surface area contributed by atoms with Crippen LogP contribution in [-0.4, -0.2) is 35.1 Å². The molecule has 1 unspecified atom stereocenters. The van der Waals surface area contributed by atoms with Crippen molar-refractivity contribution in [3.63, 3.8) is 0 Å². The topological polar surface area (TPSA) is 69.6 Å². The molecule has 2 aliphatic rings. The lowest BCUT2D eigenvalue weighted by molar-refractivity contribution is -0.129. The van der Waals surface area contributed by atoms with Crippen molar-refractivity contribution in [1.29, 1.82) is 0 Å². The van der Waals surface area contributed by atoms with Crippen molar-refractivity contribution in [3.8, 4) is 0 Å². The first-order valence-corrected chi connectivity index (χ1v) is 8.43. The Morgan fingerprint density at radius 2 is 1.96 bits per heavy atom. The highest BCUT2D eigenvalue weighted by molar-refractivity contribution is 6.30. The molecular weight excluding hydrogens is 316 g/mol. The van der Waals surface area contributed by atoms with Crippen molar-refractivity contribution in [3.05, 3.63) is 29.3 Å². The van der Waals surface area contributed by atoms with Gasteiger partial charge >= 0.3 is 0 Å². The lowest BCUT2D eigenvalue weighted by Crippen LogP contribution is -2.44. The van der Waals surface area contributed by atoms with Crippen molar-refractivity contribution in [1.82, 2.24) is 5.32 Å². The summed E-state index contributed by atoms with van der Waals surface area (Å²) in [4.78, 5) is 26.3. The van der Waals surface area contributed by atoms with Crippen LogP contribution in [-0.2, 0) is 9.59 Å². The molecule has 2 N–H and O–H groups in total. The summed E-state index contributed by atoms with van der Waals surface area (Å²) in [7, 11) is 0. The molecule has 0 aromatic heterocycles. The Labute approximate surface area is 140 Å². The van der Waals surface area contributed by atoms with Crippen LogP contribution in [0.3, 0.4) is 0 Å². The lowest BCUT2D eigenvalue weighted by atomic mass is 9.97. The van der Waals surface area contributed by atoms with Crippen molar-refractivity contribution < 1.29 is 14.7 Å². The molecule has 0 radical (unpaired) electrons. The number of nitrogens with zero attached hydrogens (tertiary/aromatic N) is 1. The van der Waals surface area contributed by atoms with Crippen LogP contribution < -0.4 is 10.2 Å². The number of carbonyl (C=O) groups excluding carboxylic acids is 2. The normalized spacial score (nSPS) is 23.3. The number of carbonyl (C=O) groups is 2. The van der Waals surface area contributed by atoms with Gasteiger partial charge in [0, 0.05) is 17.3 Å². The van der Waals surface area contributed by atoms with Gasteiger partial charge < -0.3 is 15.3 Å². The van der Waals surface area contributed by atoms with E-state index in [0.717, 1.165) is 18.5 Å². The van der Waals surface area contributed by atoms with Crippen LogP contribution in [0, 0.1) is 0 Å². The number of hydrogen-bond acceptors (Lipinski definition) is 3. The zero-order chi connectivity index (χ0) is 16.4. The number of anilines is 1. The summed E-state index contributed by atoms with van der Waals surface area (Å²) in [5.74, 6) is -0.357. The molecule has 23 heavy (non-hydrogen) atoms. The first kappa shape index (κ1) is 16.3. The Morgan fingerprint density at radius 3 is 2.61 bits per heavy atom. The van der Waals surface area contributed by atoms with Gasteiger partial charge in [0.2, 0.25) is 11.8 Å². The maximum Gasteiger partial charge on any atom is 0.249 e. The van der Waals surface area contributed by atoms with Crippen LogP contribution in [0.15, 0.2) is 24.3 Å². The van der Waals surface area contributed by atoms with Crippen molar-refractivity contribution in [2.45, 2.75) is 50.2 Å². The summed E-state index contributed by atoms with van der Waals surface area (Å²) in [6.45, 7) is 0.565. The molecule has 6 heteroatoms. The van der Waals surface area contributed by atoms with Gasteiger partial charge in [0.15, 0.2) is 0 Å². The van der Waals surface area contributed by atoms with Crippen molar-refractivity contribution in [2.24, 2.45) is 0 Å². The quantitative estimate of drug-likeness (QED) is 0.886. The molecular formula is C17H21ClN2O3. The molecule has 1 saturated carbocycles. The van der Waals surface area contributed by atoms with E-state index in [9.17, 15) is 14.7 Å². The Hall–Kier alpha value is -1.59. The number of nitrogens with one attached hydrogen (secondary N) is 1. The van der Waals surface area contributed by atoms with Crippen LogP contribution >= 0.6 is 11.6 Å². The fourth-order valence-corrected chi connectivity index (χ4v) is 3.57. The molecule has 0 bridgehead atoms. The number of hydrogen-bond donors (Lipinski definition) is 2. The van der Waals surface area contributed by atoms with Crippen LogP contribution in [0.1, 0.15) is 38.5 Å². The maximum atomic E-state index is 12.5. The second kappa shape index (κ2) is 6.49. The van der Waals surface area contributed by atoms with Crippen LogP contribution in [0.25, 0.3) is 0 Å². The fourth-order valence-electron chi connectivity index (χ4n) is 3.45. The van der Waals surface area contributed by atoms with E-state index in [0.29, 0.717) is 30.8 Å². The Balaban J connectivity index is 1.58. The summed E-state index contributed by atoms with van der Waals surface area (Å²) in [6.07, 6.45) is 3.89. The summed E-state index contributed by atoms with van der Waals surface area (Å²) < 4.78 is 0. The van der Waals surface area contributed by atoms with Crippen molar-refractivity contribution in [2.75, 3.05) is 11.4 Å². The summed E-state index contributed by atoms with van der Waals surface area (Å²) >= 11 is 5.86. The standard InChI is InChI=1S/C17H21ClN2O3/c18-12-3-5-13(6-4-12)20-10-7-14(16(20)22)19-15(21)11-17(23)8-1-2-9-17/h3-6,14,23H,1-2,7-11H2,(H,19,21). The SMILES string of the molecule is O=C(CC1(O)CCCC1)NC1CCN(c2ccc(Cl)cc2)C1=O. The third kappa shape index (κ3) is 3.67. The van der Waals surface area contributed by atoms with E-state index in [1.54, 1.807) is 29.2 Å². The van der Waals surface area contributed by atoms with E-state index >= 15 is 0 Å². The van der Waals surface area contributed by atoms with E-state index in [1.165, 1.54) is 0 Å². The van der Waals surface area contributed by atoms with E-state index in [4.69, 9.17) is 11.6 Å². The molecule has 1 aliphatic heterocycles. The minimum Gasteiger partial charge on any atom is -0.389 e. The highest BCUT2D eigenvalue weighted by Crippen LogP contribution is 2.32. The minimum absolute atomic E-state index is 0.0811. The predicted octanol–water partition coefficient (Wildman–Crippen LogP) is 2.26. The molecule has 2 fully saturated rings. The molecule has 5 nitrogen and oxygen atoms in total. The number of benzene rings is 1.